The molecule has 0 unspecified atom stereocenters. The van der Waals surface area contributed by atoms with Crippen LogP contribution < -0.4 is 0 Å². The van der Waals surface area contributed by atoms with Crippen LogP contribution in [0.2, 0.25) is 0 Å². The number of piperidine rings is 1. The third-order valence-corrected chi connectivity index (χ3v) is 8.08. The monoisotopic (exact) mass is 602 g/mol. The molecule has 230 valence electrons. The van der Waals surface area contributed by atoms with E-state index in [-0.39, 0.29) is 30.1 Å². The highest BCUT2D eigenvalue weighted by Crippen LogP contribution is 2.38. The number of carbonyl (C=O) groups is 2. The fraction of sp³-hybridized carbons (Fsp3) is 0.517. The lowest BCUT2D eigenvalue weighted by Crippen LogP contribution is -2.56. The van der Waals surface area contributed by atoms with E-state index >= 15 is 0 Å². The largest absolute Gasteiger partial charge is 0.416 e. The van der Waals surface area contributed by atoms with Crippen molar-refractivity contribution < 1.29 is 40.3 Å². The van der Waals surface area contributed by atoms with E-state index in [9.17, 15) is 40.3 Å². The van der Waals surface area contributed by atoms with Gasteiger partial charge in [0.25, 0.3) is 0 Å². The van der Waals surface area contributed by atoms with Gasteiger partial charge in [0.15, 0.2) is 0 Å². The number of carbonyl (C=O) groups excluding carboxylic acids is 2. The second kappa shape index (κ2) is 12.1. The Balaban J connectivity index is 1.58. The van der Waals surface area contributed by atoms with E-state index < -0.39 is 47.9 Å². The number of aryl methyl sites for hydroxylation is 1. The number of hydrogen-bond donors (Lipinski definition) is 0. The van der Waals surface area contributed by atoms with Gasteiger partial charge in [-0.1, -0.05) is 6.07 Å². The van der Waals surface area contributed by atoms with Crippen LogP contribution in [0.3, 0.4) is 0 Å². The minimum atomic E-state index is -5.00. The lowest BCUT2D eigenvalue weighted by molar-refractivity contribution is -0.143. The highest BCUT2D eigenvalue weighted by atomic mass is 19.4. The lowest BCUT2D eigenvalue weighted by Gasteiger charge is -2.47. The summed E-state index contributed by atoms with van der Waals surface area (Å²) in [6.45, 7) is 5.51. The zero-order valence-corrected chi connectivity index (χ0v) is 23.5. The molecule has 0 spiro atoms. The van der Waals surface area contributed by atoms with E-state index in [0.717, 1.165) is 4.90 Å². The summed E-state index contributed by atoms with van der Waals surface area (Å²) in [6, 6.07) is 4.55. The molecule has 0 aromatic heterocycles. The topological polar surface area (TPSA) is 47.1 Å². The van der Waals surface area contributed by atoms with Gasteiger partial charge in [0, 0.05) is 59.3 Å². The highest BCUT2D eigenvalue weighted by Gasteiger charge is 2.39. The number of amides is 3. The Kier molecular flexibility index (Phi) is 9.10. The Hall–Kier alpha value is -3.35. The van der Waals surface area contributed by atoms with Crippen LogP contribution in [0.4, 0.5) is 35.5 Å². The first-order chi connectivity index (χ1) is 19.5. The number of piperazine rings is 1. The summed E-state index contributed by atoms with van der Waals surface area (Å²) in [7, 11) is 1.33. The van der Waals surface area contributed by atoms with Gasteiger partial charge < -0.3 is 14.7 Å². The maximum Gasteiger partial charge on any atom is 0.416 e. The molecular formula is C29H33F7N4O2. The Labute approximate surface area is 239 Å². The first-order valence-electron chi connectivity index (χ1n) is 13.6. The molecule has 42 heavy (non-hydrogen) atoms. The van der Waals surface area contributed by atoms with Crippen LogP contribution in [0, 0.1) is 12.7 Å². The molecule has 2 heterocycles. The average Bonchev–Trinajstić information content (AvgIpc) is 2.91. The zero-order valence-electron chi connectivity index (χ0n) is 23.5. The van der Waals surface area contributed by atoms with Crippen molar-refractivity contribution >= 4 is 11.9 Å². The van der Waals surface area contributed by atoms with Crippen molar-refractivity contribution in [3.8, 4) is 0 Å². The van der Waals surface area contributed by atoms with Crippen molar-refractivity contribution in [3.63, 3.8) is 0 Å². The van der Waals surface area contributed by atoms with Crippen LogP contribution in [0.25, 0.3) is 0 Å². The van der Waals surface area contributed by atoms with Crippen molar-refractivity contribution in [2.45, 2.75) is 57.7 Å². The Morgan fingerprint density at radius 1 is 0.905 bits per heavy atom. The summed E-state index contributed by atoms with van der Waals surface area (Å²) < 4.78 is 94.2. The molecule has 2 fully saturated rings. The van der Waals surface area contributed by atoms with Crippen molar-refractivity contribution in [1.82, 2.24) is 19.6 Å². The molecule has 2 aromatic carbocycles. The normalized spacial score (nSPS) is 20.5. The zero-order chi connectivity index (χ0) is 31.0. The molecule has 0 N–H and O–H groups in total. The Morgan fingerprint density at radius 3 is 2.02 bits per heavy atom. The predicted octanol–water partition coefficient (Wildman–Crippen LogP) is 6.09. The minimum Gasteiger partial charge on any atom is -0.340 e. The molecule has 0 bridgehead atoms. The smallest absolute Gasteiger partial charge is 0.340 e. The van der Waals surface area contributed by atoms with Crippen LogP contribution in [0.15, 0.2) is 36.4 Å². The standard InChI is InChI=1S/C29H33F7N4O2/c1-18-12-23(30)4-5-25(18)26-16-24(39-10-8-38(9-11-39)19(2)41)6-7-40(26)27(42)37(3)17-20-13-21(28(31,32)33)15-22(14-20)29(34,35)36/h4-5,12-15,24,26H,6-11,16-17H2,1-3H3/t24-,26-/m1/s1. The molecule has 0 radical (unpaired) electrons. The van der Waals surface area contributed by atoms with E-state index in [2.05, 4.69) is 4.90 Å². The third kappa shape index (κ3) is 7.16. The number of halogens is 7. The summed E-state index contributed by atoms with van der Waals surface area (Å²) in [5.41, 5.74) is -1.86. The molecule has 2 aliphatic rings. The van der Waals surface area contributed by atoms with Gasteiger partial charge in [0.1, 0.15) is 5.82 Å². The van der Waals surface area contributed by atoms with E-state index in [1.165, 1.54) is 26.1 Å². The molecule has 6 nitrogen and oxygen atoms in total. The van der Waals surface area contributed by atoms with E-state index in [0.29, 0.717) is 62.3 Å². The number of rotatable bonds is 4. The molecular weight excluding hydrogens is 569 g/mol. The number of alkyl halides is 6. The Bertz CT molecular complexity index is 1270. The quantitative estimate of drug-likeness (QED) is 0.398. The number of likely N-dealkylation sites (tertiary alicyclic amines) is 1. The van der Waals surface area contributed by atoms with Crippen LogP contribution in [0.1, 0.15) is 53.6 Å². The van der Waals surface area contributed by atoms with Crippen LogP contribution in [0.5, 0.6) is 0 Å². The summed E-state index contributed by atoms with van der Waals surface area (Å²) in [5, 5.41) is 0. The van der Waals surface area contributed by atoms with Crippen LogP contribution >= 0.6 is 0 Å². The van der Waals surface area contributed by atoms with Gasteiger partial charge >= 0.3 is 18.4 Å². The van der Waals surface area contributed by atoms with Gasteiger partial charge in [-0.05, 0) is 66.8 Å². The summed E-state index contributed by atoms with van der Waals surface area (Å²) >= 11 is 0. The van der Waals surface area contributed by atoms with Gasteiger partial charge in [-0.15, -0.1) is 0 Å². The van der Waals surface area contributed by atoms with Crippen molar-refractivity contribution in [2.75, 3.05) is 39.8 Å². The summed E-state index contributed by atoms with van der Waals surface area (Å²) in [6.07, 6.45) is -8.92. The SMILES string of the molecule is CC(=O)N1CCN([C@@H]2CCN(C(=O)N(C)Cc3cc(C(F)(F)F)cc(C(F)(F)F)c3)[C@@H](c3ccc(F)cc3C)C2)CC1. The number of nitrogens with zero attached hydrogens (tertiary/aromatic N) is 4. The average molecular weight is 603 g/mol. The molecule has 2 atom stereocenters. The molecule has 3 amide bonds. The lowest BCUT2D eigenvalue weighted by atomic mass is 9.88. The van der Waals surface area contributed by atoms with Crippen molar-refractivity contribution in [1.29, 1.82) is 0 Å². The van der Waals surface area contributed by atoms with E-state index in [1.807, 2.05) is 0 Å². The minimum absolute atomic E-state index is 0.000964. The maximum absolute atomic E-state index is 14.0. The van der Waals surface area contributed by atoms with Gasteiger partial charge in [-0.25, -0.2) is 9.18 Å². The van der Waals surface area contributed by atoms with E-state index in [1.54, 1.807) is 22.8 Å². The molecule has 4 rings (SSSR count). The van der Waals surface area contributed by atoms with Gasteiger partial charge in [-0.2, -0.15) is 26.3 Å². The van der Waals surface area contributed by atoms with Gasteiger partial charge in [0.05, 0.1) is 17.2 Å². The number of benzene rings is 2. The predicted molar refractivity (Wildman–Crippen MR) is 141 cm³/mol. The first-order valence-corrected chi connectivity index (χ1v) is 13.6. The van der Waals surface area contributed by atoms with Gasteiger partial charge in [0.2, 0.25) is 5.91 Å². The summed E-state index contributed by atoms with van der Waals surface area (Å²) in [4.78, 5) is 32.1. The number of hydrogen-bond acceptors (Lipinski definition) is 3. The number of urea groups is 1. The molecule has 2 aliphatic heterocycles. The molecule has 13 heteroatoms. The fourth-order valence-electron chi connectivity index (χ4n) is 5.89. The van der Waals surface area contributed by atoms with E-state index in [4.69, 9.17) is 0 Å². The highest BCUT2D eigenvalue weighted by molar-refractivity contribution is 5.75. The fourth-order valence-corrected chi connectivity index (χ4v) is 5.89. The summed E-state index contributed by atoms with van der Waals surface area (Å²) in [5.74, 6) is -0.440. The van der Waals surface area contributed by atoms with Crippen LogP contribution in [-0.4, -0.2) is 77.4 Å². The molecule has 0 saturated carbocycles. The van der Waals surface area contributed by atoms with Crippen molar-refractivity contribution in [3.05, 3.63) is 70.0 Å². The maximum atomic E-state index is 14.0. The Morgan fingerprint density at radius 2 is 1.50 bits per heavy atom. The molecule has 2 aromatic rings. The van der Waals surface area contributed by atoms with Crippen molar-refractivity contribution in [2.24, 2.45) is 0 Å². The second-order valence-corrected chi connectivity index (χ2v) is 11.0. The second-order valence-electron chi connectivity index (χ2n) is 11.0. The van der Waals surface area contributed by atoms with Gasteiger partial charge in [-0.3, -0.25) is 9.69 Å². The van der Waals surface area contributed by atoms with Crippen LogP contribution in [-0.2, 0) is 23.7 Å². The molecule has 0 aliphatic carbocycles. The first kappa shape index (κ1) is 31.6. The third-order valence-electron chi connectivity index (χ3n) is 8.08. The molecule has 2 saturated heterocycles.